The Bertz CT molecular complexity index is 483. The number of nitrogens with zero attached hydrogens (tertiary/aromatic N) is 2. The lowest BCUT2D eigenvalue weighted by Gasteiger charge is -2.02. The van der Waals surface area contributed by atoms with Gasteiger partial charge >= 0.3 is 0 Å². The van der Waals surface area contributed by atoms with Crippen molar-refractivity contribution in [3.05, 3.63) is 28.6 Å². The smallest absolute Gasteiger partial charge is 0.197 e. The monoisotopic (exact) mass is 268 g/mol. The first-order chi connectivity index (χ1) is 7.19. The number of aromatic nitrogens is 2. The van der Waals surface area contributed by atoms with Crippen LogP contribution in [0.2, 0.25) is 0 Å². The zero-order valence-corrected chi connectivity index (χ0v) is 9.58. The molecule has 0 spiro atoms. The molecule has 2 aromatic rings. The van der Waals surface area contributed by atoms with Crippen molar-refractivity contribution in [2.24, 2.45) is 5.84 Å². The Morgan fingerprint density at radius 3 is 2.80 bits per heavy atom. The summed E-state index contributed by atoms with van der Waals surface area (Å²) in [5, 5.41) is 0. The second-order valence-electron chi connectivity index (χ2n) is 2.97. The van der Waals surface area contributed by atoms with Crippen LogP contribution in [0.25, 0.3) is 11.6 Å². The number of nitrogens with one attached hydrogen (secondary N) is 1. The minimum Gasteiger partial charge on any atom is -0.446 e. The predicted molar refractivity (Wildman–Crippen MR) is 60.0 cm³/mol. The van der Waals surface area contributed by atoms with Crippen molar-refractivity contribution in [1.82, 2.24) is 9.97 Å². The molecule has 0 saturated carbocycles. The molecule has 2 rings (SSSR count). The molecule has 0 unspecified atom stereocenters. The second-order valence-corrected chi connectivity index (χ2v) is 3.75. The van der Waals surface area contributed by atoms with Gasteiger partial charge in [0.25, 0.3) is 0 Å². The number of furan rings is 1. The fourth-order valence-electron chi connectivity index (χ4n) is 1.19. The molecule has 15 heavy (non-hydrogen) atoms. The summed E-state index contributed by atoms with van der Waals surface area (Å²) in [5.74, 6) is 6.96. The molecule has 0 aliphatic carbocycles. The van der Waals surface area contributed by atoms with E-state index in [9.17, 15) is 0 Å². The molecular weight excluding hydrogens is 260 g/mol. The van der Waals surface area contributed by atoms with E-state index >= 15 is 0 Å². The summed E-state index contributed by atoms with van der Waals surface area (Å²) in [6, 6.07) is 5.33. The fraction of sp³-hybridized carbons (Fsp3) is 0.111. The molecule has 78 valence electrons. The molecule has 5 nitrogen and oxygen atoms in total. The van der Waals surface area contributed by atoms with Crippen molar-refractivity contribution in [1.29, 1.82) is 0 Å². The highest BCUT2D eigenvalue weighted by Gasteiger charge is 2.08. The molecule has 0 aliphatic rings. The maximum absolute atomic E-state index is 5.35. The molecule has 2 aromatic heterocycles. The SMILES string of the molecule is Cc1cc(NN)nc(-c2ccc(Br)o2)n1. The van der Waals surface area contributed by atoms with E-state index in [0.29, 0.717) is 22.1 Å². The topological polar surface area (TPSA) is 77.0 Å². The van der Waals surface area contributed by atoms with Crippen molar-refractivity contribution in [2.75, 3.05) is 5.43 Å². The van der Waals surface area contributed by atoms with E-state index in [2.05, 4.69) is 31.3 Å². The summed E-state index contributed by atoms with van der Waals surface area (Å²) in [6.45, 7) is 1.87. The van der Waals surface area contributed by atoms with Crippen molar-refractivity contribution >= 4 is 21.7 Å². The number of nitrogens with two attached hydrogens (primary N) is 1. The van der Waals surface area contributed by atoms with Crippen molar-refractivity contribution in [3.63, 3.8) is 0 Å². The highest BCUT2D eigenvalue weighted by Crippen LogP contribution is 2.23. The first-order valence-corrected chi connectivity index (χ1v) is 5.06. The third-order valence-corrected chi connectivity index (χ3v) is 2.22. The minimum absolute atomic E-state index is 0.508. The highest BCUT2D eigenvalue weighted by atomic mass is 79.9. The molecule has 0 saturated heterocycles. The van der Waals surface area contributed by atoms with Crippen molar-refractivity contribution in [3.8, 4) is 11.6 Å². The van der Waals surface area contributed by atoms with Crippen molar-refractivity contribution in [2.45, 2.75) is 6.92 Å². The zero-order chi connectivity index (χ0) is 10.8. The largest absolute Gasteiger partial charge is 0.446 e. The Morgan fingerprint density at radius 2 is 2.20 bits per heavy atom. The molecule has 0 aliphatic heterocycles. The Hall–Kier alpha value is -1.40. The average Bonchev–Trinajstić information content (AvgIpc) is 2.64. The molecule has 0 radical (unpaired) electrons. The number of halogens is 1. The lowest BCUT2D eigenvalue weighted by Crippen LogP contribution is -2.09. The Balaban J connectivity index is 2.48. The van der Waals surface area contributed by atoms with Gasteiger partial charge in [-0.25, -0.2) is 15.8 Å². The molecule has 2 heterocycles. The van der Waals surface area contributed by atoms with Crippen LogP contribution in [-0.4, -0.2) is 9.97 Å². The van der Waals surface area contributed by atoms with E-state index < -0.39 is 0 Å². The zero-order valence-electron chi connectivity index (χ0n) is 7.99. The van der Waals surface area contributed by atoms with Gasteiger partial charge in [-0.2, -0.15) is 0 Å². The van der Waals surface area contributed by atoms with Crippen LogP contribution in [0.5, 0.6) is 0 Å². The van der Waals surface area contributed by atoms with Crippen LogP contribution in [0, 0.1) is 6.92 Å². The van der Waals surface area contributed by atoms with E-state index in [4.69, 9.17) is 10.3 Å². The number of anilines is 1. The lowest BCUT2D eigenvalue weighted by atomic mass is 10.3. The normalized spacial score (nSPS) is 10.3. The lowest BCUT2D eigenvalue weighted by molar-refractivity contribution is 0.551. The maximum Gasteiger partial charge on any atom is 0.197 e. The van der Waals surface area contributed by atoms with Gasteiger partial charge in [-0.1, -0.05) is 0 Å². The molecule has 0 fully saturated rings. The summed E-state index contributed by atoms with van der Waals surface area (Å²) in [6.07, 6.45) is 0. The number of nitrogen functional groups attached to an aromatic ring is 1. The standard InChI is InChI=1S/C9H9BrN4O/c1-5-4-8(14-11)13-9(12-5)6-2-3-7(10)15-6/h2-4H,11H2,1H3,(H,12,13,14). The summed E-state index contributed by atoms with van der Waals surface area (Å²) in [5.41, 5.74) is 3.30. The van der Waals surface area contributed by atoms with Crippen LogP contribution < -0.4 is 11.3 Å². The number of hydrazine groups is 1. The van der Waals surface area contributed by atoms with Gasteiger partial charge in [0.2, 0.25) is 0 Å². The summed E-state index contributed by atoms with van der Waals surface area (Å²) in [7, 11) is 0. The second kappa shape index (κ2) is 4.00. The number of hydrogen-bond acceptors (Lipinski definition) is 5. The molecule has 0 amide bonds. The average molecular weight is 269 g/mol. The summed E-state index contributed by atoms with van der Waals surface area (Å²) >= 11 is 3.22. The Labute approximate surface area is 94.8 Å². The third kappa shape index (κ3) is 2.16. The van der Waals surface area contributed by atoms with Gasteiger partial charge in [0.05, 0.1) is 0 Å². The first-order valence-electron chi connectivity index (χ1n) is 4.27. The van der Waals surface area contributed by atoms with Gasteiger partial charge in [0.1, 0.15) is 5.82 Å². The van der Waals surface area contributed by atoms with Gasteiger partial charge in [0, 0.05) is 11.8 Å². The summed E-state index contributed by atoms with van der Waals surface area (Å²) in [4.78, 5) is 8.42. The predicted octanol–water partition coefficient (Wildman–Crippen LogP) is 2.09. The highest BCUT2D eigenvalue weighted by molar-refractivity contribution is 9.10. The summed E-state index contributed by atoms with van der Waals surface area (Å²) < 4.78 is 5.99. The van der Waals surface area contributed by atoms with Gasteiger partial charge in [-0.3, -0.25) is 0 Å². The maximum atomic E-state index is 5.35. The van der Waals surface area contributed by atoms with Crippen LogP contribution in [-0.2, 0) is 0 Å². The first kappa shape index (κ1) is 10.1. The van der Waals surface area contributed by atoms with E-state index in [0.717, 1.165) is 5.69 Å². The van der Waals surface area contributed by atoms with Crippen LogP contribution in [0.1, 0.15) is 5.69 Å². The number of aryl methyl sites for hydroxylation is 1. The van der Waals surface area contributed by atoms with Gasteiger partial charge in [0.15, 0.2) is 16.3 Å². The molecular formula is C9H9BrN4O. The van der Waals surface area contributed by atoms with Crippen LogP contribution >= 0.6 is 15.9 Å². The minimum atomic E-state index is 0.508. The quantitative estimate of drug-likeness (QED) is 0.644. The third-order valence-electron chi connectivity index (χ3n) is 1.80. The Kier molecular flexibility index (Phi) is 2.70. The van der Waals surface area contributed by atoms with Crippen molar-refractivity contribution < 1.29 is 4.42 Å². The Morgan fingerprint density at radius 1 is 1.40 bits per heavy atom. The van der Waals surface area contributed by atoms with Gasteiger partial charge in [-0.15, -0.1) is 0 Å². The number of rotatable bonds is 2. The van der Waals surface area contributed by atoms with Crippen LogP contribution in [0.3, 0.4) is 0 Å². The molecule has 3 N–H and O–H groups in total. The number of hydrogen-bond donors (Lipinski definition) is 2. The molecule has 0 aromatic carbocycles. The van der Waals surface area contributed by atoms with Gasteiger partial charge < -0.3 is 9.84 Å². The van der Waals surface area contributed by atoms with Crippen LogP contribution in [0.15, 0.2) is 27.3 Å². The molecule has 0 atom stereocenters. The van der Waals surface area contributed by atoms with E-state index in [1.807, 2.05) is 6.92 Å². The molecule has 0 bridgehead atoms. The van der Waals surface area contributed by atoms with E-state index in [-0.39, 0.29) is 0 Å². The van der Waals surface area contributed by atoms with E-state index in [1.165, 1.54) is 0 Å². The fourth-order valence-corrected chi connectivity index (χ4v) is 1.49. The molecule has 6 heteroatoms. The van der Waals surface area contributed by atoms with Gasteiger partial charge in [-0.05, 0) is 35.0 Å². The van der Waals surface area contributed by atoms with E-state index in [1.54, 1.807) is 18.2 Å². The van der Waals surface area contributed by atoms with Crippen LogP contribution in [0.4, 0.5) is 5.82 Å².